The number of nitrogens with zero attached hydrogens (tertiary/aromatic N) is 4. The van der Waals surface area contributed by atoms with E-state index in [9.17, 15) is 37.3 Å². The summed E-state index contributed by atoms with van der Waals surface area (Å²) >= 11 is 0.945. The molecule has 7 N–H and O–H groups in total. The van der Waals surface area contributed by atoms with Crippen LogP contribution in [0.2, 0.25) is 0 Å². The van der Waals surface area contributed by atoms with Crippen LogP contribution >= 0.6 is 11.3 Å². The molecule has 0 unspecified atom stereocenters. The predicted molar refractivity (Wildman–Crippen MR) is 119 cm³/mol. The highest BCUT2D eigenvalue weighted by atomic mass is 32.2. The topological polar surface area (TPSA) is 248 Å². The summed E-state index contributed by atoms with van der Waals surface area (Å²) in [5, 5.41) is 16.5. The van der Waals surface area contributed by atoms with Crippen LogP contribution in [-0.4, -0.2) is 98.5 Å². The second-order valence-electron chi connectivity index (χ2n) is 8.23. The summed E-state index contributed by atoms with van der Waals surface area (Å²) in [5.41, 5.74) is 8.79. The minimum absolute atomic E-state index is 0.0528. The number of hydrogen-bond donors (Lipinski definition) is 5. The predicted octanol–water partition coefficient (Wildman–Crippen LogP) is -2.63. The van der Waals surface area contributed by atoms with Gasteiger partial charge in [-0.05, 0) is 20.3 Å². The fourth-order valence-electron chi connectivity index (χ4n) is 3.32. The van der Waals surface area contributed by atoms with Gasteiger partial charge in [-0.15, -0.1) is 11.3 Å². The van der Waals surface area contributed by atoms with E-state index in [1.807, 2.05) is 0 Å². The summed E-state index contributed by atoms with van der Waals surface area (Å²) in [6.07, 6.45) is 0.307. The van der Waals surface area contributed by atoms with Crippen LogP contribution in [0.5, 0.6) is 0 Å². The van der Waals surface area contributed by atoms with Gasteiger partial charge in [0.15, 0.2) is 10.8 Å². The van der Waals surface area contributed by atoms with Crippen molar-refractivity contribution in [2.75, 3.05) is 18.8 Å². The minimum Gasteiger partial charge on any atom is -0.478 e. The lowest BCUT2D eigenvalue weighted by Gasteiger charge is -2.45. The number of anilines is 1. The van der Waals surface area contributed by atoms with E-state index in [4.69, 9.17) is 16.3 Å². The lowest BCUT2D eigenvalue weighted by molar-refractivity contribution is -0.161. The summed E-state index contributed by atoms with van der Waals surface area (Å²) in [7, 11) is -5.00. The van der Waals surface area contributed by atoms with Gasteiger partial charge in [-0.3, -0.25) is 18.9 Å². The standard InChI is InChI=1S/C17H23N7O9S2/c1-17(2,15(28)29)33-22-10(8-6-34-16(19)20-8)12(25)21-11-9(24(14(11)27)35(30,31)32)5-23-4-3-7(18)13(23)26/h6-7,9,11H,3-5,18H2,1-2H3,(H2,19,20)(H,21,25)(H,28,29)(H,30,31,32)/b22-10-/t7-,9+,11-/m0/s1. The van der Waals surface area contributed by atoms with E-state index in [-0.39, 0.29) is 28.2 Å². The molecule has 0 aromatic carbocycles. The van der Waals surface area contributed by atoms with Gasteiger partial charge >= 0.3 is 16.3 Å². The van der Waals surface area contributed by atoms with Gasteiger partial charge in [0.2, 0.25) is 11.5 Å². The molecule has 0 radical (unpaired) electrons. The molecule has 2 saturated heterocycles. The van der Waals surface area contributed by atoms with E-state index in [0.29, 0.717) is 6.42 Å². The third-order valence-corrected chi connectivity index (χ3v) is 6.93. The number of carbonyl (C=O) groups excluding carboxylic acids is 3. The summed E-state index contributed by atoms with van der Waals surface area (Å²) in [6, 6.07) is -3.61. The van der Waals surface area contributed by atoms with Gasteiger partial charge in [0, 0.05) is 18.5 Å². The molecule has 35 heavy (non-hydrogen) atoms. The highest BCUT2D eigenvalue weighted by molar-refractivity contribution is 7.84. The number of β-lactam (4-membered cyclic amide) rings is 1. The lowest BCUT2D eigenvalue weighted by atomic mass is 9.97. The molecular weight excluding hydrogens is 510 g/mol. The maximum absolute atomic E-state index is 13.0. The molecule has 0 saturated carbocycles. The molecule has 192 valence electrons. The van der Waals surface area contributed by atoms with Crippen molar-refractivity contribution < 1.29 is 42.1 Å². The Morgan fingerprint density at radius 1 is 1.37 bits per heavy atom. The van der Waals surface area contributed by atoms with E-state index in [2.05, 4.69) is 15.5 Å². The van der Waals surface area contributed by atoms with Crippen LogP contribution in [0.3, 0.4) is 0 Å². The molecule has 2 aliphatic heterocycles. The van der Waals surface area contributed by atoms with E-state index in [1.165, 1.54) is 24.1 Å². The third kappa shape index (κ3) is 5.34. The van der Waals surface area contributed by atoms with Crippen molar-refractivity contribution in [2.45, 2.75) is 44.0 Å². The second-order valence-corrected chi connectivity index (χ2v) is 10.4. The number of aromatic nitrogens is 1. The van der Waals surface area contributed by atoms with Gasteiger partial charge in [-0.25, -0.2) is 14.1 Å². The van der Waals surface area contributed by atoms with Crippen molar-refractivity contribution in [3.63, 3.8) is 0 Å². The third-order valence-electron chi connectivity index (χ3n) is 5.31. The van der Waals surface area contributed by atoms with E-state index in [0.717, 1.165) is 11.3 Å². The molecule has 3 heterocycles. The average molecular weight is 534 g/mol. The number of rotatable bonds is 9. The van der Waals surface area contributed by atoms with Crippen LogP contribution in [-0.2, 0) is 34.3 Å². The zero-order valence-corrected chi connectivity index (χ0v) is 20.1. The molecule has 0 aliphatic carbocycles. The van der Waals surface area contributed by atoms with Gasteiger partial charge in [-0.2, -0.15) is 8.42 Å². The zero-order chi connectivity index (χ0) is 26.3. The Kier molecular flexibility index (Phi) is 7.02. The van der Waals surface area contributed by atoms with Gasteiger partial charge in [-0.1, -0.05) is 5.16 Å². The highest BCUT2D eigenvalue weighted by Gasteiger charge is 2.55. The van der Waals surface area contributed by atoms with Crippen molar-refractivity contribution in [3.8, 4) is 0 Å². The van der Waals surface area contributed by atoms with Gasteiger partial charge in [0.25, 0.3) is 11.8 Å². The number of carboxylic acids is 1. The maximum Gasteiger partial charge on any atom is 0.362 e. The number of thiazole rings is 1. The Morgan fingerprint density at radius 2 is 2.03 bits per heavy atom. The lowest BCUT2D eigenvalue weighted by Crippen LogP contribution is -2.74. The van der Waals surface area contributed by atoms with Crippen LogP contribution in [0.1, 0.15) is 26.0 Å². The number of amides is 3. The molecule has 2 fully saturated rings. The van der Waals surface area contributed by atoms with Gasteiger partial charge < -0.3 is 31.6 Å². The summed E-state index contributed by atoms with van der Waals surface area (Å²) < 4.78 is 33.0. The number of carboxylic acid groups (broad SMARTS) is 1. The molecule has 1 aromatic rings. The first kappa shape index (κ1) is 26.3. The first-order chi connectivity index (χ1) is 16.1. The average Bonchev–Trinajstić information content (AvgIpc) is 3.30. The SMILES string of the molecule is CC(C)(O/N=C(\C(=O)N[C@@H]1C(=O)N(S(=O)(=O)O)[C@@H]1CN1CC[C@H](N)C1=O)c1csc(N)n1)C(=O)O. The van der Waals surface area contributed by atoms with Crippen LogP contribution < -0.4 is 16.8 Å². The fraction of sp³-hybridized carbons (Fsp3) is 0.529. The van der Waals surface area contributed by atoms with Crippen molar-refractivity contribution in [3.05, 3.63) is 11.1 Å². The Morgan fingerprint density at radius 3 is 2.51 bits per heavy atom. The number of hydrogen-bond acceptors (Lipinski definition) is 12. The van der Waals surface area contributed by atoms with E-state index in [1.54, 1.807) is 0 Å². The number of nitrogens with two attached hydrogens (primary N) is 2. The Labute approximate surface area is 202 Å². The number of likely N-dealkylation sites (tertiary alicyclic amines) is 1. The van der Waals surface area contributed by atoms with Crippen LogP contribution in [0.25, 0.3) is 0 Å². The van der Waals surface area contributed by atoms with Gasteiger partial charge in [0.05, 0.1) is 12.1 Å². The van der Waals surface area contributed by atoms with Gasteiger partial charge in [0.1, 0.15) is 11.7 Å². The molecule has 0 spiro atoms. The van der Waals surface area contributed by atoms with Crippen molar-refractivity contribution >= 4 is 56.2 Å². The van der Waals surface area contributed by atoms with Crippen molar-refractivity contribution in [1.29, 1.82) is 0 Å². The first-order valence-electron chi connectivity index (χ1n) is 10.0. The Hall–Kier alpha value is -3.35. The molecular formula is C17H23N7O9S2. The number of nitrogens with one attached hydrogen (secondary N) is 1. The maximum atomic E-state index is 13.0. The largest absolute Gasteiger partial charge is 0.478 e. The summed E-state index contributed by atoms with van der Waals surface area (Å²) in [6.45, 7) is 2.21. The number of oxime groups is 1. The van der Waals surface area contributed by atoms with Crippen LogP contribution in [0.15, 0.2) is 10.5 Å². The molecule has 3 atom stereocenters. The monoisotopic (exact) mass is 533 g/mol. The molecule has 3 amide bonds. The van der Waals surface area contributed by atoms with E-state index >= 15 is 0 Å². The fourth-order valence-corrected chi connectivity index (χ4v) is 4.74. The van der Waals surface area contributed by atoms with Crippen molar-refractivity contribution in [2.24, 2.45) is 10.9 Å². The molecule has 16 nitrogen and oxygen atoms in total. The summed E-state index contributed by atoms with van der Waals surface area (Å²) in [4.78, 5) is 59.1. The zero-order valence-electron chi connectivity index (χ0n) is 18.4. The number of carbonyl (C=O) groups is 4. The summed E-state index contributed by atoms with van der Waals surface area (Å²) in [5.74, 6) is -4.09. The Balaban J connectivity index is 1.87. The van der Waals surface area contributed by atoms with E-state index < -0.39 is 63.4 Å². The molecule has 2 aliphatic rings. The highest BCUT2D eigenvalue weighted by Crippen LogP contribution is 2.26. The molecule has 0 bridgehead atoms. The number of aliphatic carboxylic acids is 1. The van der Waals surface area contributed by atoms with Crippen LogP contribution in [0, 0.1) is 0 Å². The quantitative estimate of drug-likeness (QED) is 0.0946. The number of nitrogen functional groups attached to an aromatic ring is 1. The normalized spacial score (nSPS) is 23.3. The minimum atomic E-state index is -5.00. The van der Waals surface area contributed by atoms with Crippen LogP contribution in [0.4, 0.5) is 5.13 Å². The smallest absolute Gasteiger partial charge is 0.362 e. The van der Waals surface area contributed by atoms with Crippen molar-refractivity contribution in [1.82, 2.24) is 19.5 Å². The Bertz CT molecular complexity index is 1200. The second kappa shape index (κ2) is 9.36. The molecule has 3 rings (SSSR count). The molecule has 1 aromatic heterocycles. The first-order valence-corrected chi connectivity index (χ1v) is 12.3. The molecule has 18 heteroatoms.